The number of halogens is 1. The molecule has 0 aromatic carbocycles. The minimum absolute atomic E-state index is 0. The molecule has 108 valence electrons. The SMILES string of the molecule is CS(=O)(=O)N1CCN(C2CCCCCC2)CC1.Cl. The lowest BCUT2D eigenvalue weighted by Crippen LogP contribution is -2.51. The second-order valence-electron chi connectivity index (χ2n) is 5.34. The van der Waals surface area contributed by atoms with Crippen LogP contribution in [0.2, 0.25) is 0 Å². The Bertz CT molecular complexity index is 332. The molecule has 0 unspecified atom stereocenters. The van der Waals surface area contributed by atoms with Gasteiger partial charge in [0.1, 0.15) is 0 Å². The van der Waals surface area contributed by atoms with E-state index in [-0.39, 0.29) is 12.4 Å². The smallest absolute Gasteiger partial charge is 0.211 e. The first kappa shape index (κ1) is 16.2. The van der Waals surface area contributed by atoms with Gasteiger partial charge in [-0.25, -0.2) is 8.42 Å². The highest BCUT2D eigenvalue weighted by Gasteiger charge is 2.27. The van der Waals surface area contributed by atoms with Gasteiger partial charge in [-0.15, -0.1) is 12.4 Å². The fraction of sp³-hybridized carbons (Fsp3) is 1.00. The van der Waals surface area contributed by atoms with Gasteiger partial charge in [0.25, 0.3) is 0 Å². The summed E-state index contributed by atoms with van der Waals surface area (Å²) in [6.45, 7) is 3.18. The van der Waals surface area contributed by atoms with E-state index in [9.17, 15) is 8.42 Å². The first-order chi connectivity index (χ1) is 8.07. The third kappa shape index (κ3) is 4.37. The maximum Gasteiger partial charge on any atom is 0.211 e. The average Bonchev–Trinajstić information content (AvgIpc) is 2.56. The number of rotatable bonds is 2. The molecule has 0 spiro atoms. The Morgan fingerprint density at radius 1 is 0.889 bits per heavy atom. The van der Waals surface area contributed by atoms with Gasteiger partial charge < -0.3 is 0 Å². The number of sulfonamides is 1. The molecule has 18 heavy (non-hydrogen) atoms. The number of hydrogen-bond donors (Lipinski definition) is 0. The topological polar surface area (TPSA) is 40.6 Å². The van der Waals surface area contributed by atoms with Crippen molar-refractivity contribution in [2.45, 2.75) is 44.6 Å². The maximum absolute atomic E-state index is 11.4. The van der Waals surface area contributed by atoms with E-state index in [0.717, 1.165) is 13.1 Å². The van der Waals surface area contributed by atoms with Crippen molar-refractivity contribution in [2.24, 2.45) is 0 Å². The van der Waals surface area contributed by atoms with Gasteiger partial charge in [0.15, 0.2) is 0 Å². The summed E-state index contributed by atoms with van der Waals surface area (Å²) in [5, 5.41) is 0. The first-order valence-electron chi connectivity index (χ1n) is 6.76. The van der Waals surface area contributed by atoms with Crippen LogP contribution < -0.4 is 0 Å². The summed E-state index contributed by atoms with van der Waals surface area (Å²) in [6.07, 6.45) is 9.36. The van der Waals surface area contributed by atoms with Crippen LogP contribution in [0, 0.1) is 0 Å². The molecule has 0 N–H and O–H groups in total. The second kappa shape index (κ2) is 7.08. The third-order valence-electron chi connectivity index (χ3n) is 4.08. The molecule has 1 heterocycles. The van der Waals surface area contributed by atoms with E-state index in [4.69, 9.17) is 0 Å². The van der Waals surface area contributed by atoms with E-state index in [0.29, 0.717) is 19.1 Å². The third-order valence-corrected chi connectivity index (χ3v) is 5.39. The van der Waals surface area contributed by atoms with E-state index in [2.05, 4.69) is 4.90 Å². The van der Waals surface area contributed by atoms with Crippen LogP contribution in [-0.2, 0) is 10.0 Å². The number of nitrogens with zero attached hydrogens (tertiary/aromatic N) is 2. The van der Waals surface area contributed by atoms with Crippen molar-refractivity contribution in [1.29, 1.82) is 0 Å². The van der Waals surface area contributed by atoms with Gasteiger partial charge >= 0.3 is 0 Å². The lowest BCUT2D eigenvalue weighted by Gasteiger charge is -2.38. The highest BCUT2D eigenvalue weighted by Crippen LogP contribution is 2.23. The monoisotopic (exact) mass is 296 g/mol. The summed E-state index contributed by atoms with van der Waals surface area (Å²) in [5.74, 6) is 0. The fourth-order valence-corrected chi connectivity index (χ4v) is 3.85. The van der Waals surface area contributed by atoms with E-state index in [1.54, 1.807) is 4.31 Å². The summed E-state index contributed by atoms with van der Waals surface area (Å²) in [7, 11) is -2.98. The molecular formula is C12H25ClN2O2S. The summed E-state index contributed by atoms with van der Waals surface area (Å²) in [5.41, 5.74) is 0. The van der Waals surface area contributed by atoms with Crippen LogP contribution in [0.15, 0.2) is 0 Å². The van der Waals surface area contributed by atoms with Crippen molar-refractivity contribution in [2.75, 3.05) is 32.4 Å². The van der Waals surface area contributed by atoms with E-state index < -0.39 is 10.0 Å². The zero-order valence-electron chi connectivity index (χ0n) is 11.2. The van der Waals surface area contributed by atoms with Crippen molar-refractivity contribution in [1.82, 2.24) is 9.21 Å². The zero-order chi connectivity index (χ0) is 12.3. The zero-order valence-corrected chi connectivity index (χ0v) is 12.8. The summed E-state index contributed by atoms with van der Waals surface area (Å²) in [6, 6.07) is 0.708. The van der Waals surface area contributed by atoms with E-state index >= 15 is 0 Å². The van der Waals surface area contributed by atoms with Gasteiger partial charge in [0, 0.05) is 32.2 Å². The maximum atomic E-state index is 11.4. The van der Waals surface area contributed by atoms with Gasteiger partial charge in [-0.05, 0) is 12.8 Å². The normalized spacial score (nSPS) is 25.4. The largest absolute Gasteiger partial charge is 0.298 e. The van der Waals surface area contributed by atoms with Crippen LogP contribution in [0.25, 0.3) is 0 Å². The molecule has 2 fully saturated rings. The molecule has 2 aliphatic rings. The molecule has 1 aliphatic heterocycles. The minimum Gasteiger partial charge on any atom is -0.298 e. The van der Waals surface area contributed by atoms with Crippen molar-refractivity contribution in [3.63, 3.8) is 0 Å². The molecule has 1 aliphatic carbocycles. The van der Waals surface area contributed by atoms with Crippen molar-refractivity contribution < 1.29 is 8.42 Å². The van der Waals surface area contributed by atoms with Gasteiger partial charge in [-0.2, -0.15) is 4.31 Å². The van der Waals surface area contributed by atoms with Crippen LogP contribution in [0.5, 0.6) is 0 Å². The van der Waals surface area contributed by atoms with Crippen molar-refractivity contribution >= 4 is 22.4 Å². The molecule has 6 heteroatoms. The molecule has 0 amide bonds. The highest BCUT2D eigenvalue weighted by atomic mass is 35.5. The molecule has 0 bridgehead atoms. The Kier molecular flexibility index (Phi) is 6.38. The Labute approximate surface area is 117 Å². The first-order valence-corrected chi connectivity index (χ1v) is 8.61. The second-order valence-corrected chi connectivity index (χ2v) is 7.33. The molecule has 4 nitrogen and oxygen atoms in total. The minimum atomic E-state index is -2.98. The Morgan fingerprint density at radius 2 is 1.39 bits per heavy atom. The number of hydrogen-bond acceptors (Lipinski definition) is 3. The lowest BCUT2D eigenvalue weighted by atomic mass is 10.1. The van der Waals surface area contributed by atoms with Gasteiger partial charge in [0.05, 0.1) is 6.26 Å². The Morgan fingerprint density at radius 3 is 1.83 bits per heavy atom. The molecule has 1 saturated heterocycles. The Balaban J connectivity index is 0.00000162. The number of piperazine rings is 1. The van der Waals surface area contributed by atoms with Crippen LogP contribution in [0.3, 0.4) is 0 Å². The summed E-state index contributed by atoms with van der Waals surface area (Å²) < 4.78 is 24.5. The van der Waals surface area contributed by atoms with Crippen LogP contribution >= 0.6 is 12.4 Å². The Hall–Kier alpha value is 0.160. The molecule has 0 aromatic rings. The van der Waals surface area contributed by atoms with Gasteiger partial charge in [-0.3, -0.25) is 4.90 Å². The van der Waals surface area contributed by atoms with E-state index in [1.165, 1.54) is 44.8 Å². The summed E-state index contributed by atoms with van der Waals surface area (Å²) in [4.78, 5) is 2.51. The molecule has 1 saturated carbocycles. The van der Waals surface area contributed by atoms with E-state index in [1.807, 2.05) is 0 Å². The summed E-state index contributed by atoms with van der Waals surface area (Å²) >= 11 is 0. The van der Waals surface area contributed by atoms with Crippen LogP contribution in [0.1, 0.15) is 38.5 Å². The predicted molar refractivity (Wildman–Crippen MR) is 76.7 cm³/mol. The van der Waals surface area contributed by atoms with Crippen molar-refractivity contribution in [3.05, 3.63) is 0 Å². The van der Waals surface area contributed by atoms with Crippen molar-refractivity contribution in [3.8, 4) is 0 Å². The quantitative estimate of drug-likeness (QED) is 0.729. The highest BCUT2D eigenvalue weighted by molar-refractivity contribution is 7.88. The van der Waals surface area contributed by atoms with Crippen LogP contribution in [-0.4, -0.2) is 56.1 Å². The molecular weight excluding hydrogens is 272 g/mol. The lowest BCUT2D eigenvalue weighted by molar-refractivity contribution is 0.126. The average molecular weight is 297 g/mol. The molecule has 0 radical (unpaired) electrons. The van der Waals surface area contributed by atoms with Gasteiger partial charge in [-0.1, -0.05) is 25.7 Å². The predicted octanol–water partition coefficient (Wildman–Crippen LogP) is 1.71. The van der Waals surface area contributed by atoms with Gasteiger partial charge in [0.2, 0.25) is 10.0 Å². The standard InChI is InChI=1S/C12H24N2O2S.ClH/c1-17(15,16)14-10-8-13(9-11-14)12-6-4-2-3-5-7-12;/h12H,2-11H2,1H3;1H. The molecule has 0 atom stereocenters. The van der Waals surface area contributed by atoms with Crippen LogP contribution in [0.4, 0.5) is 0 Å². The molecule has 2 rings (SSSR count). The molecule has 0 aromatic heterocycles. The fourth-order valence-electron chi connectivity index (χ4n) is 3.02.